The first kappa shape index (κ1) is 23.7. The normalized spacial score (nSPS) is 16.4. The molecule has 7 rings (SSSR count). The van der Waals surface area contributed by atoms with Gasteiger partial charge in [0, 0.05) is 5.56 Å². The monoisotopic (exact) mass is 530 g/mol. The molecule has 2 heterocycles. The third kappa shape index (κ3) is 3.82. The number of rotatable bonds is 4. The molecule has 0 saturated carbocycles. The van der Waals surface area contributed by atoms with Crippen molar-refractivity contribution in [3.63, 3.8) is 0 Å². The van der Waals surface area contributed by atoms with E-state index in [1.165, 1.54) is 16.9 Å². The molecule has 1 aliphatic heterocycles. The maximum absolute atomic E-state index is 14.1. The summed E-state index contributed by atoms with van der Waals surface area (Å²) in [5.41, 5.74) is 6.55. The van der Waals surface area contributed by atoms with Crippen LogP contribution in [0.3, 0.4) is 0 Å². The van der Waals surface area contributed by atoms with E-state index in [-0.39, 0.29) is 11.6 Å². The van der Waals surface area contributed by atoms with Gasteiger partial charge in [0.15, 0.2) is 16.3 Å². The molecule has 6 heteroatoms. The third-order valence-corrected chi connectivity index (χ3v) is 8.69. The first-order valence-electron chi connectivity index (χ1n) is 13.0. The van der Waals surface area contributed by atoms with Crippen LogP contribution >= 0.6 is 11.3 Å². The second kappa shape index (κ2) is 9.40. The largest absolute Gasteiger partial charge is 0.493 e. The molecule has 39 heavy (non-hydrogen) atoms. The Hall–Kier alpha value is -4.42. The fourth-order valence-corrected chi connectivity index (χ4v) is 6.85. The van der Waals surface area contributed by atoms with Crippen molar-refractivity contribution in [1.29, 1.82) is 0 Å². The minimum absolute atomic E-state index is 0.0307. The summed E-state index contributed by atoms with van der Waals surface area (Å²) in [6.07, 6.45) is 3.76. The summed E-state index contributed by atoms with van der Waals surface area (Å²) in [6, 6.07) is 28.6. The highest BCUT2D eigenvalue weighted by Crippen LogP contribution is 2.42. The van der Waals surface area contributed by atoms with Crippen molar-refractivity contribution in [2.75, 3.05) is 14.2 Å². The summed E-state index contributed by atoms with van der Waals surface area (Å²) in [5.74, 6) is 1.30. The molecule has 1 aromatic heterocycles. The van der Waals surface area contributed by atoms with Crippen LogP contribution in [0.4, 0.5) is 0 Å². The summed E-state index contributed by atoms with van der Waals surface area (Å²) in [7, 11) is 3.27. The number of fused-ring (bicyclic) bond motifs is 4. The van der Waals surface area contributed by atoms with Gasteiger partial charge in [-0.05, 0) is 64.1 Å². The minimum atomic E-state index is -0.279. The highest BCUT2D eigenvalue weighted by Gasteiger charge is 2.33. The summed E-state index contributed by atoms with van der Waals surface area (Å²) in [4.78, 5) is 20.0. The minimum Gasteiger partial charge on any atom is -0.493 e. The quantitative estimate of drug-likeness (QED) is 0.309. The maximum atomic E-state index is 14.1. The van der Waals surface area contributed by atoms with Gasteiger partial charge in [0.2, 0.25) is 0 Å². The van der Waals surface area contributed by atoms with Gasteiger partial charge in [0.25, 0.3) is 5.56 Å². The molecule has 5 nitrogen and oxygen atoms in total. The van der Waals surface area contributed by atoms with Crippen molar-refractivity contribution in [3.8, 4) is 11.5 Å². The van der Waals surface area contributed by atoms with Crippen LogP contribution in [-0.4, -0.2) is 18.8 Å². The van der Waals surface area contributed by atoms with Crippen LogP contribution in [0.15, 0.2) is 100 Å². The lowest BCUT2D eigenvalue weighted by molar-refractivity contribution is 0.354. The molecule has 4 aromatic carbocycles. The molecule has 5 aromatic rings. The van der Waals surface area contributed by atoms with Crippen LogP contribution in [-0.2, 0) is 6.42 Å². The van der Waals surface area contributed by atoms with Gasteiger partial charge in [0.1, 0.15) is 0 Å². The van der Waals surface area contributed by atoms with Crippen molar-refractivity contribution in [2.45, 2.75) is 18.9 Å². The van der Waals surface area contributed by atoms with E-state index in [9.17, 15) is 4.79 Å². The van der Waals surface area contributed by atoms with Crippen LogP contribution in [0, 0.1) is 0 Å². The Morgan fingerprint density at radius 3 is 2.56 bits per heavy atom. The van der Waals surface area contributed by atoms with E-state index in [1.54, 1.807) is 14.2 Å². The molecule has 0 spiro atoms. The molecular formula is C33H26N2O3S. The van der Waals surface area contributed by atoms with Gasteiger partial charge >= 0.3 is 0 Å². The standard InChI is InChI=1S/C33H26N2O3S/c1-37-27-17-15-23(18-28(27)38-2)31-26-16-14-21-9-4-6-13-25(21)30(26)34-33-35(31)32(36)29(39-33)19-22-11-7-10-20-8-3-5-12-24(20)22/h3-13,15,17-19,31H,14,16H2,1-2H3/b29-19+/t31-/m0/s1. The van der Waals surface area contributed by atoms with Gasteiger partial charge in [0.05, 0.1) is 30.5 Å². The molecule has 2 aliphatic rings. The number of nitrogens with zero attached hydrogens (tertiary/aromatic N) is 2. The second-order valence-corrected chi connectivity index (χ2v) is 10.8. The van der Waals surface area contributed by atoms with Gasteiger partial charge in [-0.25, -0.2) is 4.99 Å². The molecule has 0 N–H and O–H groups in total. The fraction of sp³-hybridized carbons (Fsp3) is 0.152. The molecule has 0 unspecified atom stereocenters. The van der Waals surface area contributed by atoms with E-state index in [1.807, 2.05) is 47.0 Å². The van der Waals surface area contributed by atoms with E-state index in [4.69, 9.17) is 14.5 Å². The van der Waals surface area contributed by atoms with E-state index in [2.05, 4.69) is 48.5 Å². The number of hydrogen-bond acceptors (Lipinski definition) is 5. The lowest BCUT2D eigenvalue weighted by Gasteiger charge is -2.31. The zero-order valence-corrected chi connectivity index (χ0v) is 22.5. The van der Waals surface area contributed by atoms with Crippen molar-refractivity contribution < 1.29 is 9.47 Å². The molecular weight excluding hydrogens is 504 g/mol. The number of ether oxygens (including phenoxy) is 2. The number of aryl methyl sites for hydroxylation is 1. The molecule has 0 radical (unpaired) electrons. The van der Waals surface area contributed by atoms with Crippen molar-refractivity contribution >= 4 is 33.9 Å². The lowest BCUT2D eigenvalue weighted by atomic mass is 9.83. The summed E-state index contributed by atoms with van der Waals surface area (Å²) >= 11 is 1.45. The zero-order chi connectivity index (χ0) is 26.5. The third-order valence-electron chi connectivity index (χ3n) is 7.71. The molecule has 0 amide bonds. The number of methoxy groups -OCH3 is 2. The smallest absolute Gasteiger partial charge is 0.271 e. The van der Waals surface area contributed by atoms with E-state index in [0.29, 0.717) is 20.8 Å². The summed E-state index contributed by atoms with van der Waals surface area (Å²) in [6.45, 7) is 0. The molecule has 0 saturated heterocycles. The zero-order valence-electron chi connectivity index (χ0n) is 21.7. The Balaban J connectivity index is 1.50. The topological polar surface area (TPSA) is 52.8 Å². The lowest BCUT2D eigenvalue weighted by Crippen LogP contribution is -2.38. The first-order chi connectivity index (χ1) is 19.2. The van der Waals surface area contributed by atoms with Crippen molar-refractivity contribution in [1.82, 2.24) is 4.57 Å². The Labute approximate surface area is 229 Å². The average Bonchev–Trinajstić information content (AvgIpc) is 3.29. The van der Waals surface area contributed by atoms with Crippen LogP contribution in [0.25, 0.3) is 22.5 Å². The summed E-state index contributed by atoms with van der Waals surface area (Å²) in [5, 5.41) is 2.27. The first-order valence-corrected chi connectivity index (χ1v) is 13.8. The van der Waals surface area contributed by atoms with Crippen LogP contribution in [0.1, 0.15) is 34.7 Å². The number of allylic oxidation sites excluding steroid dienone is 1. The fourth-order valence-electron chi connectivity index (χ4n) is 5.86. The Kier molecular flexibility index (Phi) is 5.71. The maximum Gasteiger partial charge on any atom is 0.271 e. The predicted octanol–water partition coefficient (Wildman–Crippen LogP) is 5.49. The van der Waals surface area contributed by atoms with Gasteiger partial charge in [-0.15, -0.1) is 0 Å². The highest BCUT2D eigenvalue weighted by atomic mass is 32.1. The van der Waals surface area contributed by atoms with Gasteiger partial charge < -0.3 is 9.47 Å². The Morgan fingerprint density at radius 2 is 1.69 bits per heavy atom. The SMILES string of the molecule is COc1ccc([C@H]2C3=C(N=c4s/c(=C/c5cccc6ccccc56)c(=O)n42)c2ccccc2CC3)cc1OC. The van der Waals surface area contributed by atoms with E-state index < -0.39 is 0 Å². The molecule has 1 atom stereocenters. The van der Waals surface area contributed by atoms with Gasteiger partial charge in [-0.3, -0.25) is 9.36 Å². The summed E-state index contributed by atoms with van der Waals surface area (Å²) < 4.78 is 13.7. The molecule has 1 aliphatic carbocycles. The second-order valence-electron chi connectivity index (χ2n) is 9.80. The average molecular weight is 531 g/mol. The molecule has 0 bridgehead atoms. The molecule has 0 fully saturated rings. The number of hydrogen-bond donors (Lipinski definition) is 0. The number of benzene rings is 4. The van der Waals surface area contributed by atoms with E-state index >= 15 is 0 Å². The molecule has 192 valence electrons. The predicted molar refractivity (Wildman–Crippen MR) is 156 cm³/mol. The Bertz CT molecular complexity index is 1980. The number of thiazole rings is 1. The van der Waals surface area contributed by atoms with Crippen molar-refractivity contribution in [2.24, 2.45) is 4.99 Å². The van der Waals surface area contributed by atoms with Gasteiger partial charge in [-0.2, -0.15) is 0 Å². The van der Waals surface area contributed by atoms with Crippen LogP contribution in [0.2, 0.25) is 0 Å². The van der Waals surface area contributed by atoms with Gasteiger partial charge in [-0.1, -0.05) is 84.1 Å². The van der Waals surface area contributed by atoms with Crippen LogP contribution in [0.5, 0.6) is 11.5 Å². The van der Waals surface area contributed by atoms with Crippen LogP contribution < -0.4 is 24.4 Å². The van der Waals surface area contributed by atoms with Crippen molar-refractivity contribution in [3.05, 3.63) is 132 Å². The van der Waals surface area contributed by atoms with E-state index in [0.717, 1.165) is 51.6 Å². The highest BCUT2D eigenvalue weighted by molar-refractivity contribution is 7.07. The Morgan fingerprint density at radius 1 is 0.897 bits per heavy atom. The number of aromatic nitrogens is 1.